The molecule has 8 nitrogen and oxygen atoms in total. The third-order valence-electron chi connectivity index (χ3n) is 5.13. The van der Waals surface area contributed by atoms with E-state index in [0.29, 0.717) is 43.3 Å². The number of pyridine rings is 1. The number of phenols is 1. The number of aromatic hydroxyl groups is 1. The predicted octanol–water partition coefficient (Wildman–Crippen LogP) is 3.32. The number of carbonyl (C=O) groups is 1. The average molecular weight is 404 g/mol. The molecule has 1 N–H and O–H groups in total. The van der Waals surface area contributed by atoms with Crippen LogP contribution in [0.1, 0.15) is 10.4 Å². The van der Waals surface area contributed by atoms with Crippen LogP contribution in [0.3, 0.4) is 0 Å². The molecule has 0 atom stereocenters. The zero-order valence-corrected chi connectivity index (χ0v) is 16.1. The van der Waals surface area contributed by atoms with Crippen molar-refractivity contribution in [2.45, 2.75) is 0 Å². The number of phenolic OH excluding ortho intramolecular Hbond substituents is 1. The summed E-state index contributed by atoms with van der Waals surface area (Å²) in [4.78, 5) is 32.0. The lowest BCUT2D eigenvalue weighted by Crippen LogP contribution is -2.49. The average Bonchev–Trinajstić information content (AvgIpc) is 2.79. The number of benzene rings is 2. The van der Waals surface area contributed by atoms with Crippen molar-refractivity contribution < 1.29 is 14.8 Å². The lowest BCUT2D eigenvalue weighted by atomic mass is 10.1. The van der Waals surface area contributed by atoms with Crippen LogP contribution in [0.25, 0.3) is 11.3 Å². The molecule has 0 radical (unpaired) electrons. The maximum absolute atomic E-state index is 12.7. The van der Waals surface area contributed by atoms with E-state index in [1.165, 1.54) is 12.1 Å². The molecule has 0 spiro atoms. The molecule has 1 aliphatic heterocycles. The SMILES string of the molecule is O=C(c1ccccc1O)N1CCN(c2ccc([N+](=O)[O-])c(-c3ccccc3)n2)CC1. The van der Waals surface area contributed by atoms with Crippen LogP contribution in [0.5, 0.6) is 5.75 Å². The number of amides is 1. The number of anilines is 1. The van der Waals surface area contributed by atoms with Crippen molar-refractivity contribution in [1.29, 1.82) is 0 Å². The first kappa shape index (κ1) is 19.4. The Balaban J connectivity index is 1.53. The minimum Gasteiger partial charge on any atom is -0.507 e. The minimum atomic E-state index is -0.429. The van der Waals surface area contributed by atoms with Crippen molar-refractivity contribution in [3.8, 4) is 17.0 Å². The second kappa shape index (κ2) is 8.20. The molecule has 1 aliphatic rings. The molecule has 2 aromatic carbocycles. The third kappa shape index (κ3) is 3.80. The zero-order valence-electron chi connectivity index (χ0n) is 16.1. The second-order valence-electron chi connectivity index (χ2n) is 6.96. The number of aromatic nitrogens is 1. The molecule has 0 aliphatic carbocycles. The normalized spacial score (nSPS) is 13.9. The fourth-order valence-corrected chi connectivity index (χ4v) is 3.54. The van der Waals surface area contributed by atoms with Gasteiger partial charge in [0.2, 0.25) is 0 Å². The summed E-state index contributed by atoms with van der Waals surface area (Å²) in [6.45, 7) is 2.01. The van der Waals surface area contributed by atoms with Crippen molar-refractivity contribution in [1.82, 2.24) is 9.88 Å². The highest BCUT2D eigenvalue weighted by Gasteiger charge is 2.26. The number of hydrogen-bond donors (Lipinski definition) is 1. The molecule has 1 saturated heterocycles. The van der Waals surface area contributed by atoms with Gasteiger partial charge in [0.1, 0.15) is 11.6 Å². The number of rotatable bonds is 4. The summed E-state index contributed by atoms with van der Waals surface area (Å²) in [5, 5.41) is 21.4. The van der Waals surface area contributed by atoms with Gasteiger partial charge in [-0.25, -0.2) is 4.98 Å². The maximum atomic E-state index is 12.7. The van der Waals surface area contributed by atoms with E-state index in [-0.39, 0.29) is 22.9 Å². The molecule has 152 valence electrons. The molecule has 1 aromatic heterocycles. The van der Waals surface area contributed by atoms with E-state index >= 15 is 0 Å². The van der Waals surface area contributed by atoms with Crippen molar-refractivity contribution >= 4 is 17.4 Å². The summed E-state index contributed by atoms with van der Waals surface area (Å²) < 4.78 is 0. The van der Waals surface area contributed by atoms with Gasteiger partial charge in [-0.2, -0.15) is 0 Å². The molecular weight excluding hydrogens is 384 g/mol. The van der Waals surface area contributed by atoms with Gasteiger partial charge in [-0.3, -0.25) is 14.9 Å². The molecule has 4 rings (SSSR count). The van der Waals surface area contributed by atoms with Crippen LogP contribution in [0, 0.1) is 10.1 Å². The smallest absolute Gasteiger partial charge is 0.295 e. The maximum Gasteiger partial charge on any atom is 0.295 e. The van der Waals surface area contributed by atoms with Crippen LogP contribution in [-0.4, -0.2) is 52.0 Å². The van der Waals surface area contributed by atoms with Crippen LogP contribution >= 0.6 is 0 Å². The van der Waals surface area contributed by atoms with Crippen molar-refractivity contribution in [2.24, 2.45) is 0 Å². The van der Waals surface area contributed by atoms with Gasteiger partial charge >= 0.3 is 0 Å². The van der Waals surface area contributed by atoms with Gasteiger partial charge in [0, 0.05) is 37.8 Å². The highest BCUT2D eigenvalue weighted by molar-refractivity contribution is 5.97. The molecule has 3 aromatic rings. The number of hydrogen-bond acceptors (Lipinski definition) is 6. The Hall–Kier alpha value is -3.94. The van der Waals surface area contributed by atoms with E-state index < -0.39 is 4.92 Å². The van der Waals surface area contributed by atoms with Crippen LogP contribution < -0.4 is 4.90 Å². The summed E-state index contributed by atoms with van der Waals surface area (Å²) in [5.74, 6) is 0.387. The molecule has 0 bridgehead atoms. The number of carbonyl (C=O) groups excluding carboxylic acids is 1. The fraction of sp³-hybridized carbons (Fsp3) is 0.182. The Morgan fingerprint density at radius 2 is 1.60 bits per heavy atom. The quantitative estimate of drug-likeness (QED) is 0.529. The standard InChI is InChI=1S/C22H20N4O4/c27-19-9-5-4-8-17(19)22(28)25-14-12-24(13-15-25)20-11-10-18(26(29)30)21(23-20)16-6-2-1-3-7-16/h1-11,27H,12-15H2. The van der Waals surface area contributed by atoms with Crippen LogP contribution in [-0.2, 0) is 0 Å². The molecule has 1 amide bonds. The monoisotopic (exact) mass is 404 g/mol. The summed E-state index contributed by atoms with van der Waals surface area (Å²) in [6, 6.07) is 18.7. The second-order valence-corrected chi connectivity index (χ2v) is 6.96. The molecule has 0 unspecified atom stereocenters. The van der Waals surface area contributed by atoms with Crippen molar-refractivity contribution in [2.75, 3.05) is 31.1 Å². The lowest BCUT2D eigenvalue weighted by molar-refractivity contribution is -0.384. The van der Waals surface area contributed by atoms with Gasteiger partial charge in [0.15, 0.2) is 5.69 Å². The lowest BCUT2D eigenvalue weighted by Gasteiger charge is -2.35. The Kier molecular flexibility index (Phi) is 5.30. The summed E-state index contributed by atoms with van der Waals surface area (Å²) in [6.07, 6.45) is 0. The number of piperazine rings is 1. The van der Waals surface area contributed by atoms with Gasteiger partial charge in [-0.15, -0.1) is 0 Å². The van der Waals surface area contributed by atoms with E-state index in [1.54, 1.807) is 41.3 Å². The van der Waals surface area contributed by atoms with E-state index in [2.05, 4.69) is 4.98 Å². The molecule has 2 heterocycles. The fourth-order valence-electron chi connectivity index (χ4n) is 3.54. The summed E-state index contributed by atoms with van der Waals surface area (Å²) in [7, 11) is 0. The topological polar surface area (TPSA) is 99.8 Å². The number of nitrogens with zero attached hydrogens (tertiary/aromatic N) is 4. The summed E-state index contributed by atoms with van der Waals surface area (Å²) in [5.41, 5.74) is 1.24. The first-order chi connectivity index (χ1) is 14.5. The minimum absolute atomic E-state index is 0.0329. The van der Waals surface area contributed by atoms with Gasteiger partial charge in [-0.1, -0.05) is 42.5 Å². The van der Waals surface area contributed by atoms with Gasteiger partial charge < -0.3 is 14.9 Å². The van der Waals surface area contributed by atoms with E-state index in [4.69, 9.17) is 0 Å². The summed E-state index contributed by atoms with van der Waals surface area (Å²) >= 11 is 0. The molecule has 8 heteroatoms. The largest absolute Gasteiger partial charge is 0.507 e. The third-order valence-corrected chi connectivity index (χ3v) is 5.13. The van der Waals surface area contributed by atoms with Crippen LogP contribution in [0.15, 0.2) is 66.7 Å². The van der Waals surface area contributed by atoms with Crippen molar-refractivity contribution in [3.63, 3.8) is 0 Å². The van der Waals surface area contributed by atoms with Crippen LogP contribution in [0.4, 0.5) is 11.5 Å². The van der Waals surface area contributed by atoms with E-state index in [1.807, 2.05) is 23.1 Å². The number of nitro groups is 1. The number of para-hydroxylation sites is 1. The molecule has 1 fully saturated rings. The van der Waals surface area contributed by atoms with E-state index in [0.717, 1.165) is 0 Å². The Bertz CT molecular complexity index is 1080. The van der Waals surface area contributed by atoms with E-state index in [9.17, 15) is 20.0 Å². The highest BCUT2D eigenvalue weighted by Crippen LogP contribution is 2.30. The predicted molar refractivity (Wildman–Crippen MR) is 113 cm³/mol. The van der Waals surface area contributed by atoms with Gasteiger partial charge in [0.05, 0.1) is 10.5 Å². The Morgan fingerprint density at radius 3 is 2.27 bits per heavy atom. The van der Waals surface area contributed by atoms with Gasteiger partial charge in [0.25, 0.3) is 11.6 Å². The van der Waals surface area contributed by atoms with Crippen molar-refractivity contribution in [3.05, 3.63) is 82.4 Å². The Labute approximate surface area is 173 Å². The zero-order chi connectivity index (χ0) is 21.1. The molecule has 0 saturated carbocycles. The molecular formula is C22H20N4O4. The first-order valence-corrected chi connectivity index (χ1v) is 9.57. The Morgan fingerprint density at radius 1 is 0.933 bits per heavy atom. The van der Waals surface area contributed by atoms with Crippen LogP contribution in [0.2, 0.25) is 0 Å². The molecule has 30 heavy (non-hydrogen) atoms. The first-order valence-electron chi connectivity index (χ1n) is 9.57. The highest BCUT2D eigenvalue weighted by atomic mass is 16.6. The van der Waals surface area contributed by atoms with Gasteiger partial charge in [-0.05, 0) is 18.2 Å².